The van der Waals surface area contributed by atoms with Crippen molar-refractivity contribution in [2.45, 2.75) is 6.92 Å². The molecule has 70 valence electrons. The molecular formula is C11H9NOS. The quantitative estimate of drug-likeness (QED) is 0.702. The van der Waals surface area contributed by atoms with Gasteiger partial charge in [-0.05, 0) is 31.2 Å². The van der Waals surface area contributed by atoms with E-state index in [1.165, 1.54) is 11.3 Å². The Bertz CT molecular complexity index is 447. The van der Waals surface area contributed by atoms with Gasteiger partial charge in [-0.25, -0.2) is 0 Å². The van der Waals surface area contributed by atoms with Crippen LogP contribution in [0.2, 0.25) is 0 Å². The van der Waals surface area contributed by atoms with Crippen LogP contribution in [-0.4, -0.2) is 10.8 Å². The molecule has 14 heavy (non-hydrogen) atoms. The van der Waals surface area contributed by atoms with Crippen molar-refractivity contribution in [3.63, 3.8) is 0 Å². The van der Waals surface area contributed by atoms with Gasteiger partial charge in [0.15, 0.2) is 0 Å². The SMILES string of the molecule is Cc1ccc(C(=O)c2ccncc2)s1. The molecule has 0 atom stereocenters. The van der Waals surface area contributed by atoms with Crippen molar-refractivity contribution in [2.24, 2.45) is 0 Å². The summed E-state index contributed by atoms with van der Waals surface area (Å²) in [5.41, 5.74) is 0.696. The lowest BCUT2D eigenvalue weighted by atomic mass is 10.1. The Hall–Kier alpha value is -1.48. The summed E-state index contributed by atoms with van der Waals surface area (Å²) in [4.78, 5) is 17.7. The first-order chi connectivity index (χ1) is 6.77. The average Bonchev–Trinajstić information content (AvgIpc) is 2.65. The third-order valence-corrected chi connectivity index (χ3v) is 2.91. The zero-order valence-electron chi connectivity index (χ0n) is 7.73. The minimum Gasteiger partial charge on any atom is -0.288 e. The summed E-state index contributed by atoms with van der Waals surface area (Å²) in [6.45, 7) is 1.99. The first-order valence-corrected chi connectivity index (χ1v) is 5.10. The van der Waals surface area contributed by atoms with Crippen LogP contribution in [0.4, 0.5) is 0 Å². The monoisotopic (exact) mass is 203 g/mol. The third kappa shape index (κ3) is 1.72. The number of nitrogens with zero attached hydrogens (tertiary/aromatic N) is 1. The molecule has 2 nitrogen and oxygen atoms in total. The number of rotatable bonds is 2. The second-order valence-corrected chi connectivity index (χ2v) is 4.26. The molecule has 2 aromatic rings. The fourth-order valence-corrected chi connectivity index (χ4v) is 2.03. The minimum atomic E-state index is 0.0745. The number of carbonyl (C=O) groups is 1. The Morgan fingerprint density at radius 1 is 1.21 bits per heavy atom. The van der Waals surface area contributed by atoms with E-state index in [-0.39, 0.29) is 5.78 Å². The normalized spacial score (nSPS) is 10.1. The van der Waals surface area contributed by atoms with E-state index in [4.69, 9.17) is 0 Å². The van der Waals surface area contributed by atoms with Gasteiger partial charge < -0.3 is 0 Å². The van der Waals surface area contributed by atoms with E-state index in [0.717, 1.165) is 9.75 Å². The van der Waals surface area contributed by atoms with Gasteiger partial charge in [-0.1, -0.05) is 0 Å². The molecule has 0 fully saturated rings. The van der Waals surface area contributed by atoms with Crippen molar-refractivity contribution in [2.75, 3.05) is 0 Å². The molecule has 2 heterocycles. The maximum atomic E-state index is 11.8. The van der Waals surface area contributed by atoms with Crippen molar-refractivity contribution in [1.82, 2.24) is 4.98 Å². The van der Waals surface area contributed by atoms with E-state index in [0.29, 0.717) is 5.56 Å². The summed E-state index contributed by atoms with van der Waals surface area (Å²) < 4.78 is 0. The largest absolute Gasteiger partial charge is 0.288 e. The number of aromatic nitrogens is 1. The van der Waals surface area contributed by atoms with E-state index in [9.17, 15) is 4.79 Å². The lowest BCUT2D eigenvalue weighted by molar-refractivity contribution is 0.104. The van der Waals surface area contributed by atoms with Gasteiger partial charge in [-0.15, -0.1) is 11.3 Å². The van der Waals surface area contributed by atoms with Crippen molar-refractivity contribution in [1.29, 1.82) is 0 Å². The predicted octanol–water partition coefficient (Wildman–Crippen LogP) is 2.68. The number of pyridine rings is 1. The molecule has 0 bridgehead atoms. The van der Waals surface area contributed by atoms with E-state index in [1.54, 1.807) is 24.5 Å². The van der Waals surface area contributed by atoms with Gasteiger partial charge in [-0.3, -0.25) is 9.78 Å². The number of hydrogen-bond donors (Lipinski definition) is 0. The topological polar surface area (TPSA) is 30.0 Å². The van der Waals surface area contributed by atoms with Crippen LogP contribution >= 0.6 is 11.3 Å². The van der Waals surface area contributed by atoms with Gasteiger partial charge in [0.05, 0.1) is 4.88 Å². The van der Waals surface area contributed by atoms with Crippen LogP contribution in [0.5, 0.6) is 0 Å². The number of thiophene rings is 1. The van der Waals surface area contributed by atoms with Gasteiger partial charge in [0.1, 0.15) is 0 Å². The smallest absolute Gasteiger partial charge is 0.203 e. The maximum Gasteiger partial charge on any atom is 0.203 e. The van der Waals surface area contributed by atoms with Crippen LogP contribution in [0.3, 0.4) is 0 Å². The van der Waals surface area contributed by atoms with Crippen LogP contribution < -0.4 is 0 Å². The lowest BCUT2D eigenvalue weighted by Crippen LogP contribution is -1.97. The maximum absolute atomic E-state index is 11.8. The molecule has 3 heteroatoms. The zero-order valence-corrected chi connectivity index (χ0v) is 8.54. The predicted molar refractivity (Wildman–Crippen MR) is 56.7 cm³/mol. The van der Waals surface area contributed by atoms with Crippen molar-refractivity contribution < 1.29 is 4.79 Å². The molecular weight excluding hydrogens is 194 g/mol. The summed E-state index contributed by atoms with van der Waals surface area (Å²) in [6, 6.07) is 7.29. The van der Waals surface area contributed by atoms with Gasteiger partial charge in [-0.2, -0.15) is 0 Å². The summed E-state index contributed by atoms with van der Waals surface area (Å²) in [7, 11) is 0. The molecule has 0 aromatic carbocycles. The molecule has 2 aromatic heterocycles. The molecule has 2 rings (SSSR count). The Balaban J connectivity index is 2.34. The van der Waals surface area contributed by atoms with Crippen molar-refractivity contribution in [3.05, 3.63) is 52.0 Å². The van der Waals surface area contributed by atoms with E-state index in [1.807, 2.05) is 19.1 Å². The second kappa shape index (κ2) is 3.72. The average molecular weight is 203 g/mol. The summed E-state index contributed by atoms with van der Waals surface area (Å²) >= 11 is 1.52. The molecule has 0 N–H and O–H groups in total. The molecule has 0 saturated heterocycles. The highest BCUT2D eigenvalue weighted by Gasteiger charge is 2.09. The number of ketones is 1. The van der Waals surface area contributed by atoms with Gasteiger partial charge in [0.2, 0.25) is 5.78 Å². The Kier molecular flexibility index (Phi) is 2.41. The fraction of sp³-hybridized carbons (Fsp3) is 0.0909. The molecule has 0 spiro atoms. The molecule has 0 aliphatic rings. The third-order valence-electron chi connectivity index (χ3n) is 1.91. The first kappa shape index (κ1) is 9.09. The van der Waals surface area contributed by atoms with Crippen molar-refractivity contribution in [3.8, 4) is 0 Å². The molecule has 0 aliphatic heterocycles. The second-order valence-electron chi connectivity index (χ2n) is 2.98. The molecule has 0 amide bonds. The number of hydrogen-bond acceptors (Lipinski definition) is 3. The lowest BCUT2D eigenvalue weighted by Gasteiger charge is -1.95. The Morgan fingerprint density at radius 2 is 1.93 bits per heavy atom. The summed E-state index contributed by atoms with van der Waals surface area (Å²) in [6.07, 6.45) is 3.27. The van der Waals surface area contributed by atoms with Gasteiger partial charge >= 0.3 is 0 Å². The van der Waals surface area contributed by atoms with Gasteiger partial charge in [0.25, 0.3) is 0 Å². The molecule has 0 saturated carbocycles. The van der Waals surface area contributed by atoms with Crippen LogP contribution in [0.1, 0.15) is 20.1 Å². The highest BCUT2D eigenvalue weighted by Crippen LogP contribution is 2.18. The minimum absolute atomic E-state index is 0.0745. The Morgan fingerprint density at radius 3 is 2.50 bits per heavy atom. The van der Waals surface area contributed by atoms with Gasteiger partial charge in [0, 0.05) is 22.8 Å². The van der Waals surface area contributed by atoms with Crippen LogP contribution in [0.15, 0.2) is 36.7 Å². The van der Waals surface area contributed by atoms with Crippen molar-refractivity contribution >= 4 is 17.1 Å². The van der Waals surface area contributed by atoms with Crippen LogP contribution in [0.25, 0.3) is 0 Å². The standard InChI is InChI=1S/C11H9NOS/c1-8-2-3-10(14-8)11(13)9-4-6-12-7-5-9/h2-7H,1H3. The molecule has 0 aliphatic carbocycles. The number of aryl methyl sites for hydroxylation is 1. The van der Waals surface area contributed by atoms with Crippen LogP contribution in [-0.2, 0) is 0 Å². The number of carbonyl (C=O) groups excluding carboxylic acids is 1. The first-order valence-electron chi connectivity index (χ1n) is 4.28. The summed E-state index contributed by atoms with van der Waals surface area (Å²) in [5.74, 6) is 0.0745. The fourth-order valence-electron chi connectivity index (χ4n) is 1.20. The molecule has 0 unspecified atom stereocenters. The van der Waals surface area contributed by atoms with E-state index < -0.39 is 0 Å². The van der Waals surface area contributed by atoms with Crippen LogP contribution in [0, 0.1) is 6.92 Å². The highest BCUT2D eigenvalue weighted by molar-refractivity contribution is 7.14. The Labute approximate surface area is 86.2 Å². The van der Waals surface area contributed by atoms with E-state index >= 15 is 0 Å². The zero-order chi connectivity index (χ0) is 9.97. The summed E-state index contributed by atoms with van der Waals surface area (Å²) in [5, 5.41) is 0. The highest BCUT2D eigenvalue weighted by atomic mass is 32.1. The molecule has 0 radical (unpaired) electrons. The van der Waals surface area contributed by atoms with E-state index in [2.05, 4.69) is 4.98 Å².